The molecule has 0 bridgehead atoms. The van der Waals surface area contributed by atoms with E-state index in [4.69, 9.17) is 4.74 Å². The zero-order valence-corrected chi connectivity index (χ0v) is 17.3. The van der Waals surface area contributed by atoms with Gasteiger partial charge in [-0.2, -0.15) is 0 Å². The van der Waals surface area contributed by atoms with E-state index >= 15 is 0 Å². The normalized spacial score (nSPS) is 14.8. The summed E-state index contributed by atoms with van der Waals surface area (Å²) in [4.78, 5) is 45.9. The Balaban J connectivity index is 1.56. The number of hydrogen-bond donors (Lipinski definition) is 1. The molecular formula is C22H24N4O4. The molecule has 8 nitrogen and oxygen atoms in total. The van der Waals surface area contributed by atoms with Crippen LogP contribution in [0.4, 0.5) is 0 Å². The predicted molar refractivity (Wildman–Crippen MR) is 113 cm³/mol. The molecule has 30 heavy (non-hydrogen) atoms. The summed E-state index contributed by atoms with van der Waals surface area (Å²) in [6, 6.07) is 9.53. The second-order valence-corrected chi connectivity index (χ2v) is 7.75. The van der Waals surface area contributed by atoms with Gasteiger partial charge in [-0.25, -0.2) is 9.78 Å². The minimum atomic E-state index is -0.596. The van der Waals surface area contributed by atoms with Gasteiger partial charge in [0.05, 0.1) is 10.9 Å². The largest absolute Gasteiger partial charge is 0.490 e. The van der Waals surface area contributed by atoms with Crippen LogP contribution in [-0.4, -0.2) is 44.5 Å². The fraction of sp³-hybridized carbons (Fsp3) is 0.364. The molecule has 0 radical (unpaired) electrons. The number of nitrogens with zero attached hydrogens (tertiary/aromatic N) is 3. The third kappa shape index (κ3) is 3.72. The van der Waals surface area contributed by atoms with E-state index in [0.717, 1.165) is 11.3 Å². The lowest BCUT2D eigenvalue weighted by Crippen LogP contribution is -2.42. The van der Waals surface area contributed by atoms with Crippen LogP contribution in [-0.2, 0) is 7.05 Å². The van der Waals surface area contributed by atoms with E-state index in [0.29, 0.717) is 31.6 Å². The van der Waals surface area contributed by atoms with Crippen molar-refractivity contribution in [2.24, 2.45) is 7.05 Å². The van der Waals surface area contributed by atoms with Gasteiger partial charge in [-0.1, -0.05) is 12.1 Å². The van der Waals surface area contributed by atoms with Gasteiger partial charge in [0.25, 0.3) is 11.5 Å². The van der Waals surface area contributed by atoms with E-state index in [1.54, 1.807) is 17.9 Å². The number of pyridine rings is 1. The number of hydrogen-bond acceptors (Lipinski definition) is 5. The number of ether oxygens (including phenoxy) is 1. The molecule has 8 heteroatoms. The van der Waals surface area contributed by atoms with Gasteiger partial charge in [-0.3, -0.25) is 19.1 Å². The van der Waals surface area contributed by atoms with Crippen molar-refractivity contribution in [2.75, 3.05) is 13.1 Å². The van der Waals surface area contributed by atoms with Crippen LogP contribution in [0.15, 0.2) is 39.9 Å². The SMILES string of the molecule is Cc1cccc(OC2CCN(C(=O)c3cc(C)nc4c3c(=O)[nH]c(=O)n4C)CC2)c1. The van der Waals surface area contributed by atoms with Crippen molar-refractivity contribution in [3.63, 3.8) is 0 Å². The number of amides is 1. The summed E-state index contributed by atoms with van der Waals surface area (Å²) in [5.41, 5.74) is 1.04. The molecule has 1 amide bonds. The van der Waals surface area contributed by atoms with Crippen molar-refractivity contribution in [1.29, 1.82) is 0 Å². The molecule has 0 unspecified atom stereocenters. The van der Waals surface area contributed by atoms with E-state index in [9.17, 15) is 14.4 Å². The fourth-order valence-corrected chi connectivity index (χ4v) is 3.86. The van der Waals surface area contributed by atoms with Gasteiger partial charge in [-0.05, 0) is 37.6 Å². The number of carbonyl (C=O) groups is 1. The summed E-state index contributed by atoms with van der Waals surface area (Å²) in [6.07, 6.45) is 1.45. The summed E-state index contributed by atoms with van der Waals surface area (Å²) in [5, 5.41) is 0.144. The second-order valence-electron chi connectivity index (χ2n) is 7.75. The first-order valence-electron chi connectivity index (χ1n) is 9.97. The number of likely N-dealkylation sites (tertiary alicyclic amines) is 1. The number of aryl methyl sites for hydroxylation is 3. The summed E-state index contributed by atoms with van der Waals surface area (Å²) >= 11 is 0. The Bertz CT molecular complexity index is 1240. The fourth-order valence-electron chi connectivity index (χ4n) is 3.86. The Morgan fingerprint density at radius 2 is 1.90 bits per heavy atom. The Kier molecular flexibility index (Phi) is 5.15. The molecule has 2 aromatic heterocycles. The molecular weight excluding hydrogens is 384 g/mol. The third-order valence-corrected chi connectivity index (χ3v) is 5.45. The van der Waals surface area contributed by atoms with Gasteiger partial charge in [0.2, 0.25) is 0 Å². The molecule has 1 saturated heterocycles. The monoisotopic (exact) mass is 408 g/mol. The smallest absolute Gasteiger partial charge is 0.329 e. The van der Waals surface area contributed by atoms with Crippen LogP contribution in [0.2, 0.25) is 0 Å². The van der Waals surface area contributed by atoms with Crippen LogP contribution < -0.4 is 16.0 Å². The lowest BCUT2D eigenvalue weighted by molar-refractivity contribution is 0.0597. The highest BCUT2D eigenvalue weighted by atomic mass is 16.5. The molecule has 3 heterocycles. The van der Waals surface area contributed by atoms with E-state index in [2.05, 4.69) is 9.97 Å². The highest BCUT2D eigenvalue weighted by molar-refractivity contribution is 6.05. The highest BCUT2D eigenvalue weighted by Gasteiger charge is 2.27. The molecule has 4 rings (SSSR count). The van der Waals surface area contributed by atoms with Crippen molar-refractivity contribution in [3.05, 3.63) is 68.0 Å². The molecule has 156 valence electrons. The summed E-state index contributed by atoms with van der Waals surface area (Å²) < 4.78 is 7.32. The second kappa shape index (κ2) is 7.78. The third-order valence-electron chi connectivity index (χ3n) is 5.45. The molecule has 1 aromatic carbocycles. The van der Waals surface area contributed by atoms with E-state index in [1.807, 2.05) is 31.2 Å². The van der Waals surface area contributed by atoms with Crippen molar-refractivity contribution in [1.82, 2.24) is 19.4 Å². The van der Waals surface area contributed by atoms with Gasteiger partial charge >= 0.3 is 5.69 Å². The van der Waals surface area contributed by atoms with E-state index in [-0.39, 0.29) is 28.6 Å². The Morgan fingerprint density at radius 1 is 1.17 bits per heavy atom. The first-order chi connectivity index (χ1) is 14.3. The molecule has 1 N–H and O–H groups in total. The lowest BCUT2D eigenvalue weighted by atomic mass is 10.0. The zero-order chi connectivity index (χ0) is 21.4. The number of rotatable bonds is 3. The van der Waals surface area contributed by atoms with Gasteiger partial charge in [0, 0.05) is 38.7 Å². The molecule has 0 spiro atoms. The van der Waals surface area contributed by atoms with Crippen LogP contribution in [0.25, 0.3) is 11.0 Å². The Morgan fingerprint density at radius 3 is 2.60 bits per heavy atom. The maximum atomic E-state index is 13.2. The minimum absolute atomic E-state index is 0.0380. The number of piperidine rings is 1. The molecule has 0 aliphatic carbocycles. The van der Waals surface area contributed by atoms with Crippen molar-refractivity contribution < 1.29 is 9.53 Å². The van der Waals surface area contributed by atoms with Gasteiger partial charge in [0.1, 0.15) is 17.5 Å². The maximum Gasteiger partial charge on any atom is 0.329 e. The first kappa shape index (κ1) is 19.9. The van der Waals surface area contributed by atoms with Crippen molar-refractivity contribution >= 4 is 16.9 Å². The quantitative estimate of drug-likeness (QED) is 0.714. The average Bonchev–Trinajstić information content (AvgIpc) is 2.71. The lowest BCUT2D eigenvalue weighted by Gasteiger charge is -2.32. The summed E-state index contributed by atoms with van der Waals surface area (Å²) in [7, 11) is 1.52. The van der Waals surface area contributed by atoms with E-state index < -0.39 is 11.2 Å². The standard InChI is InChI=1S/C22H24N4O4/c1-13-5-4-6-16(11-13)30-15-7-9-26(10-8-15)21(28)17-12-14(2)23-19-18(17)20(27)24-22(29)25(19)3/h4-6,11-12,15H,7-10H2,1-3H3,(H,24,27,29). The van der Waals surface area contributed by atoms with E-state index in [1.165, 1.54) is 11.6 Å². The zero-order valence-electron chi connectivity index (χ0n) is 17.3. The van der Waals surface area contributed by atoms with Gasteiger partial charge in [0.15, 0.2) is 0 Å². The number of nitrogens with one attached hydrogen (secondary N) is 1. The Labute approximate surface area is 173 Å². The van der Waals surface area contributed by atoms with Gasteiger partial charge < -0.3 is 9.64 Å². The van der Waals surface area contributed by atoms with Crippen molar-refractivity contribution in [2.45, 2.75) is 32.8 Å². The molecule has 0 atom stereocenters. The Hall–Kier alpha value is -3.42. The summed E-state index contributed by atoms with van der Waals surface area (Å²) in [5.74, 6) is 0.603. The molecule has 1 fully saturated rings. The van der Waals surface area contributed by atoms with Crippen LogP contribution in [0.3, 0.4) is 0 Å². The minimum Gasteiger partial charge on any atom is -0.490 e. The topological polar surface area (TPSA) is 97.3 Å². The molecule has 0 saturated carbocycles. The molecule has 1 aliphatic rings. The molecule has 3 aromatic rings. The first-order valence-corrected chi connectivity index (χ1v) is 9.97. The van der Waals surface area contributed by atoms with Gasteiger partial charge in [-0.15, -0.1) is 0 Å². The highest BCUT2D eigenvalue weighted by Crippen LogP contribution is 2.22. The number of carbonyl (C=O) groups excluding carboxylic acids is 1. The number of fused-ring (bicyclic) bond motifs is 1. The number of benzene rings is 1. The molecule has 1 aliphatic heterocycles. The van der Waals surface area contributed by atoms with Crippen LogP contribution >= 0.6 is 0 Å². The maximum absolute atomic E-state index is 13.2. The average molecular weight is 408 g/mol. The van der Waals surface area contributed by atoms with Crippen LogP contribution in [0, 0.1) is 13.8 Å². The van der Waals surface area contributed by atoms with Crippen molar-refractivity contribution in [3.8, 4) is 5.75 Å². The predicted octanol–water partition coefficient (Wildman–Crippen LogP) is 1.92. The van der Waals surface area contributed by atoms with Crippen LogP contribution in [0.5, 0.6) is 5.75 Å². The summed E-state index contributed by atoms with van der Waals surface area (Å²) in [6.45, 7) is 4.82. The number of aromatic nitrogens is 3. The van der Waals surface area contributed by atoms with Crippen LogP contribution in [0.1, 0.15) is 34.5 Å². The number of aromatic amines is 1. The number of H-pyrrole nitrogens is 1.